The minimum Gasteiger partial charge on any atom is -0.385 e. The number of hydrogen-bond acceptors (Lipinski definition) is 2. The van der Waals surface area contributed by atoms with Gasteiger partial charge < -0.3 is 14.6 Å². The maximum Gasteiger partial charge on any atom is 0.0585 e. The second-order valence-corrected chi connectivity index (χ2v) is 4.26. The van der Waals surface area contributed by atoms with Crippen LogP contribution in [0.4, 0.5) is 0 Å². The fourth-order valence-corrected chi connectivity index (χ4v) is 1.69. The number of rotatable bonds is 6. The smallest absolute Gasteiger partial charge is 0.0585 e. The van der Waals surface area contributed by atoms with Gasteiger partial charge >= 0.3 is 0 Å². The second-order valence-electron chi connectivity index (χ2n) is 3.82. The van der Waals surface area contributed by atoms with Gasteiger partial charge in [-0.3, -0.25) is 0 Å². The van der Waals surface area contributed by atoms with Gasteiger partial charge in [0.25, 0.3) is 0 Å². The molecule has 4 heteroatoms. The maximum atomic E-state index is 5.90. The average molecular weight is 231 g/mol. The summed E-state index contributed by atoms with van der Waals surface area (Å²) in [6.45, 7) is 3.79. The minimum atomic E-state index is 0.457. The number of methoxy groups -OCH3 is 1. The molecule has 1 aromatic heterocycles. The standard InChI is InChI=1S/C11H19ClN2O/c1-9(4-5-15-3)13-7-11-6-10(12)8-14(11)2/h6,8-9,13H,4-5,7H2,1-3H3. The van der Waals surface area contributed by atoms with Crippen molar-refractivity contribution in [2.75, 3.05) is 13.7 Å². The predicted molar refractivity (Wildman–Crippen MR) is 63.2 cm³/mol. The molecule has 0 bridgehead atoms. The highest BCUT2D eigenvalue weighted by Gasteiger charge is 2.04. The molecule has 0 aliphatic heterocycles. The van der Waals surface area contributed by atoms with Crippen LogP contribution in [-0.2, 0) is 18.3 Å². The van der Waals surface area contributed by atoms with Crippen molar-refractivity contribution in [1.29, 1.82) is 0 Å². The molecule has 0 saturated heterocycles. The van der Waals surface area contributed by atoms with Crippen molar-refractivity contribution in [2.24, 2.45) is 7.05 Å². The van der Waals surface area contributed by atoms with Crippen LogP contribution in [0.2, 0.25) is 5.02 Å². The molecule has 86 valence electrons. The van der Waals surface area contributed by atoms with Crippen LogP contribution < -0.4 is 5.32 Å². The van der Waals surface area contributed by atoms with E-state index >= 15 is 0 Å². The van der Waals surface area contributed by atoms with E-state index in [1.165, 1.54) is 5.69 Å². The Bertz CT molecular complexity index is 299. The zero-order valence-corrected chi connectivity index (χ0v) is 10.3. The topological polar surface area (TPSA) is 26.2 Å². The summed E-state index contributed by atoms with van der Waals surface area (Å²) < 4.78 is 7.07. The van der Waals surface area contributed by atoms with E-state index in [9.17, 15) is 0 Å². The normalized spacial score (nSPS) is 13.1. The van der Waals surface area contributed by atoms with Crippen molar-refractivity contribution in [1.82, 2.24) is 9.88 Å². The van der Waals surface area contributed by atoms with Crippen molar-refractivity contribution in [3.63, 3.8) is 0 Å². The molecule has 0 aliphatic rings. The molecule has 1 heterocycles. The Morgan fingerprint density at radius 2 is 2.33 bits per heavy atom. The Hall–Kier alpha value is -0.510. The van der Waals surface area contributed by atoms with E-state index in [0.29, 0.717) is 6.04 Å². The van der Waals surface area contributed by atoms with Crippen molar-refractivity contribution in [3.8, 4) is 0 Å². The fourth-order valence-electron chi connectivity index (χ4n) is 1.42. The van der Waals surface area contributed by atoms with Crippen LogP contribution in [0.15, 0.2) is 12.3 Å². The number of aromatic nitrogens is 1. The lowest BCUT2D eigenvalue weighted by molar-refractivity contribution is 0.184. The summed E-state index contributed by atoms with van der Waals surface area (Å²) in [6, 6.07) is 2.44. The molecule has 0 radical (unpaired) electrons. The molecule has 3 nitrogen and oxygen atoms in total. The summed E-state index contributed by atoms with van der Waals surface area (Å²) in [4.78, 5) is 0. The summed E-state index contributed by atoms with van der Waals surface area (Å²) >= 11 is 5.90. The molecule has 1 rings (SSSR count). The lowest BCUT2D eigenvalue weighted by Crippen LogP contribution is -2.27. The van der Waals surface area contributed by atoms with E-state index in [-0.39, 0.29) is 0 Å². The quantitative estimate of drug-likeness (QED) is 0.811. The molecule has 1 aromatic rings. The number of ether oxygens (including phenoxy) is 1. The molecule has 1 unspecified atom stereocenters. The van der Waals surface area contributed by atoms with Crippen molar-refractivity contribution in [3.05, 3.63) is 23.0 Å². The van der Waals surface area contributed by atoms with E-state index in [1.807, 2.05) is 23.9 Å². The third kappa shape index (κ3) is 4.24. The fraction of sp³-hybridized carbons (Fsp3) is 0.636. The monoisotopic (exact) mass is 230 g/mol. The first-order chi connectivity index (χ1) is 7.13. The Morgan fingerprint density at radius 1 is 1.60 bits per heavy atom. The Balaban J connectivity index is 2.33. The first kappa shape index (κ1) is 12.6. The van der Waals surface area contributed by atoms with Crippen LogP contribution in [0.25, 0.3) is 0 Å². The Morgan fingerprint density at radius 3 is 2.87 bits per heavy atom. The Labute approximate surface area is 96.4 Å². The molecule has 1 N–H and O–H groups in total. The summed E-state index contributed by atoms with van der Waals surface area (Å²) in [5.41, 5.74) is 1.20. The van der Waals surface area contributed by atoms with Crippen LogP contribution in [0, 0.1) is 0 Å². The summed E-state index contributed by atoms with van der Waals surface area (Å²) in [5, 5.41) is 4.22. The SMILES string of the molecule is COCCC(C)NCc1cc(Cl)cn1C. The first-order valence-electron chi connectivity index (χ1n) is 5.16. The van der Waals surface area contributed by atoms with Crippen LogP contribution in [0.1, 0.15) is 19.0 Å². The zero-order valence-electron chi connectivity index (χ0n) is 9.59. The number of nitrogens with one attached hydrogen (secondary N) is 1. The van der Waals surface area contributed by atoms with Gasteiger partial charge in [0.05, 0.1) is 5.02 Å². The van der Waals surface area contributed by atoms with E-state index < -0.39 is 0 Å². The number of halogens is 1. The molecule has 15 heavy (non-hydrogen) atoms. The largest absolute Gasteiger partial charge is 0.385 e. The van der Waals surface area contributed by atoms with Crippen molar-refractivity contribution in [2.45, 2.75) is 25.9 Å². The van der Waals surface area contributed by atoms with Gasteiger partial charge in [0.15, 0.2) is 0 Å². The van der Waals surface area contributed by atoms with Gasteiger partial charge in [-0.1, -0.05) is 11.6 Å². The minimum absolute atomic E-state index is 0.457. The second kappa shape index (κ2) is 6.16. The van der Waals surface area contributed by atoms with E-state index in [0.717, 1.165) is 24.6 Å². The summed E-state index contributed by atoms with van der Waals surface area (Å²) in [5.74, 6) is 0. The summed E-state index contributed by atoms with van der Waals surface area (Å²) in [6.07, 6.45) is 2.94. The Kier molecular flexibility index (Phi) is 5.15. The molecule has 0 spiro atoms. The third-order valence-electron chi connectivity index (χ3n) is 2.46. The molecule has 1 atom stereocenters. The van der Waals surface area contributed by atoms with Gasteiger partial charge in [-0.25, -0.2) is 0 Å². The van der Waals surface area contributed by atoms with Gasteiger partial charge in [-0.15, -0.1) is 0 Å². The van der Waals surface area contributed by atoms with Crippen LogP contribution in [-0.4, -0.2) is 24.3 Å². The predicted octanol–water partition coefficient (Wildman–Crippen LogP) is 2.19. The van der Waals surface area contributed by atoms with Gasteiger partial charge in [0, 0.05) is 45.2 Å². The third-order valence-corrected chi connectivity index (χ3v) is 2.67. The van der Waals surface area contributed by atoms with Crippen LogP contribution in [0.3, 0.4) is 0 Å². The van der Waals surface area contributed by atoms with E-state index in [2.05, 4.69) is 12.2 Å². The molecule has 0 aromatic carbocycles. The lowest BCUT2D eigenvalue weighted by atomic mass is 10.2. The van der Waals surface area contributed by atoms with Crippen LogP contribution >= 0.6 is 11.6 Å². The van der Waals surface area contributed by atoms with Crippen LogP contribution in [0.5, 0.6) is 0 Å². The molecular weight excluding hydrogens is 212 g/mol. The highest BCUT2D eigenvalue weighted by Crippen LogP contribution is 2.12. The number of aryl methyl sites for hydroxylation is 1. The molecule has 0 amide bonds. The highest BCUT2D eigenvalue weighted by molar-refractivity contribution is 6.30. The maximum absolute atomic E-state index is 5.90. The molecular formula is C11H19ClN2O. The van der Waals surface area contributed by atoms with Gasteiger partial charge in [-0.05, 0) is 19.4 Å². The lowest BCUT2D eigenvalue weighted by Gasteiger charge is -2.13. The molecule has 0 fully saturated rings. The zero-order chi connectivity index (χ0) is 11.3. The number of nitrogens with zero attached hydrogens (tertiary/aromatic N) is 1. The van der Waals surface area contributed by atoms with Gasteiger partial charge in [-0.2, -0.15) is 0 Å². The summed E-state index contributed by atoms with van der Waals surface area (Å²) in [7, 11) is 3.73. The van der Waals surface area contributed by atoms with E-state index in [4.69, 9.17) is 16.3 Å². The number of hydrogen-bond donors (Lipinski definition) is 1. The van der Waals surface area contributed by atoms with Crippen molar-refractivity contribution >= 4 is 11.6 Å². The van der Waals surface area contributed by atoms with Gasteiger partial charge in [0.1, 0.15) is 0 Å². The highest BCUT2D eigenvalue weighted by atomic mass is 35.5. The molecule has 0 saturated carbocycles. The molecule has 0 aliphatic carbocycles. The van der Waals surface area contributed by atoms with E-state index in [1.54, 1.807) is 7.11 Å². The van der Waals surface area contributed by atoms with Gasteiger partial charge in [0.2, 0.25) is 0 Å². The first-order valence-corrected chi connectivity index (χ1v) is 5.54. The van der Waals surface area contributed by atoms with Crippen molar-refractivity contribution < 1.29 is 4.74 Å². The average Bonchev–Trinajstić information content (AvgIpc) is 2.51.